The number of urea groups is 1. The molecule has 0 aliphatic carbocycles. The van der Waals surface area contributed by atoms with Gasteiger partial charge in [-0.05, 0) is 12.1 Å². The third kappa shape index (κ3) is 4.65. The fourth-order valence-electron chi connectivity index (χ4n) is 1.17. The molecule has 4 N–H and O–H groups in total. The van der Waals surface area contributed by atoms with Crippen molar-refractivity contribution in [2.45, 2.75) is 6.10 Å². The molecular formula is C11H13ClN2O5. The van der Waals surface area contributed by atoms with Crippen LogP contribution in [0.5, 0.6) is 5.75 Å². The molecule has 1 atom stereocenters. The molecule has 1 rings (SSSR count). The van der Waals surface area contributed by atoms with Crippen molar-refractivity contribution in [1.29, 1.82) is 0 Å². The van der Waals surface area contributed by atoms with E-state index >= 15 is 0 Å². The first-order valence-electron chi connectivity index (χ1n) is 5.23. The van der Waals surface area contributed by atoms with E-state index in [0.717, 1.165) is 0 Å². The van der Waals surface area contributed by atoms with Gasteiger partial charge in [-0.25, -0.2) is 9.59 Å². The molecule has 7 nitrogen and oxygen atoms in total. The van der Waals surface area contributed by atoms with Crippen LogP contribution in [-0.4, -0.2) is 42.0 Å². The molecule has 0 fully saturated rings. The molecular weight excluding hydrogens is 276 g/mol. The fourth-order valence-corrected chi connectivity index (χ4v) is 1.34. The van der Waals surface area contributed by atoms with Crippen LogP contribution in [0.15, 0.2) is 18.2 Å². The minimum atomic E-state index is -1.66. The second kappa shape index (κ2) is 6.81. The Morgan fingerprint density at radius 2 is 2.16 bits per heavy atom. The van der Waals surface area contributed by atoms with Gasteiger partial charge < -0.3 is 25.6 Å². The van der Waals surface area contributed by atoms with Gasteiger partial charge >= 0.3 is 12.0 Å². The summed E-state index contributed by atoms with van der Waals surface area (Å²) in [6, 6.07) is 3.99. The standard InChI is InChI=1S/C11H13ClN2O5/c1-19-6-2-3-7(12)8(4-6)14-11(18)13-5-9(15)10(16)17/h2-4,9,15H,5H2,1H3,(H,16,17)(H2,13,14,18)/t9-/m0/s1. The van der Waals surface area contributed by atoms with Gasteiger partial charge in [0.05, 0.1) is 24.4 Å². The predicted molar refractivity (Wildman–Crippen MR) is 68.7 cm³/mol. The first-order valence-corrected chi connectivity index (χ1v) is 5.61. The molecule has 0 radical (unpaired) electrons. The number of anilines is 1. The van der Waals surface area contributed by atoms with E-state index < -0.39 is 24.6 Å². The van der Waals surface area contributed by atoms with Crippen LogP contribution in [0.2, 0.25) is 5.02 Å². The molecule has 0 saturated heterocycles. The summed E-state index contributed by atoms with van der Waals surface area (Å²) < 4.78 is 4.97. The maximum atomic E-state index is 11.5. The molecule has 0 heterocycles. The van der Waals surface area contributed by atoms with Crippen molar-refractivity contribution in [2.75, 3.05) is 19.0 Å². The molecule has 0 aromatic heterocycles. The number of benzene rings is 1. The number of hydrogen-bond acceptors (Lipinski definition) is 4. The SMILES string of the molecule is COc1ccc(Cl)c(NC(=O)NC[C@H](O)C(=O)O)c1. The molecule has 0 aliphatic rings. The zero-order valence-corrected chi connectivity index (χ0v) is 10.8. The molecule has 0 bridgehead atoms. The Balaban J connectivity index is 2.59. The van der Waals surface area contributed by atoms with Crippen LogP contribution >= 0.6 is 11.6 Å². The summed E-state index contributed by atoms with van der Waals surface area (Å²) in [7, 11) is 1.47. The molecule has 104 valence electrons. The van der Waals surface area contributed by atoms with Crippen LogP contribution in [0.1, 0.15) is 0 Å². The maximum Gasteiger partial charge on any atom is 0.334 e. The van der Waals surface area contributed by atoms with E-state index in [1.54, 1.807) is 12.1 Å². The maximum absolute atomic E-state index is 11.5. The minimum Gasteiger partial charge on any atom is -0.497 e. The summed E-state index contributed by atoms with van der Waals surface area (Å²) in [6.45, 7) is -0.414. The van der Waals surface area contributed by atoms with Crippen molar-refractivity contribution in [2.24, 2.45) is 0 Å². The highest BCUT2D eigenvalue weighted by Gasteiger charge is 2.14. The van der Waals surface area contributed by atoms with Crippen LogP contribution in [-0.2, 0) is 4.79 Å². The Morgan fingerprint density at radius 3 is 2.74 bits per heavy atom. The number of ether oxygens (including phenoxy) is 1. The molecule has 0 unspecified atom stereocenters. The Bertz CT molecular complexity index is 480. The van der Waals surface area contributed by atoms with Crippen molar-refractivity contribution in [3.63, 3.8) is 0 Å². The first-order chi connectivity index (χ1) is 8.93. The van der Waals surface area contributed by atoms with Crippen LogP contribution in [0.3, 0.4) is 0 Å². The molecule has 2 amide bonds. The fraction of sp³-hybridized carbons (Fsp3) is 0.273. The Hall–Kier alpha value is -1.99. The van der Waals surface area contributed by atoms with E-state index in [1.807, 2.05) is 0 Å². The summed E-state index contributed by atoms with van der Waals surface area (Å²) in [6.07, 6.45) is -1.66. The number of aliphatic hydroxyl groups excluding tert-OH is 1. The van der Waals surface area contributed by atoms with Gasteiger partial charge in [0.2, 0.25) is 0 Å². The second-order valence-corrected chi connectivity index (χ2v) is 3.94. The lowest BCUT2D eigenvalue weighted by molar-refractivity contribution is -0.146. The lowest BCUT2D eigenvalue weighted by Gasteiger charge is -2.11. The number of carboxylic acids is 1. The number of methoxy groups -OCH3 is 1. The Labute approximate surface area is 114 Å². The summed E-state index contributed by atoms with van der Waals surface area (Å²) >= 11 is 5.87. The number of carbonyl (C=O) groups excluding carboxylic acids is 1. The van der Waals surface area contributed by atoms with Crippen molar-refractivity contribution < 1.29 is 24.5 Å². The van der Waals surface area contributed by atoms with Crippen molar-refractivity contribution in [3.05, 3.63) is 23.2 Å². The highest BCUT2D eigenvalue weighted by Crippen LogP contribution is 2.26. The predicted octanol–water partition coefficient (Wildman–Crippen LogP) is 0.916. The quantitative estimate of drug-likeness (QED) is 0.644. The molecule has 0 aliphatic heterocycles. The zero-order chi connectivity index (χ0) is 14.4. The van der Waals surface area contributed by atoms with Crippen LogP contribution in [0, 0.1) is 0 Å². The monoisotopic (exact) mass is 288 g/mol. The number of aliphatic hydroxyl groups is 1. The molecule has 19 heavy (non-hydrogen) atoms. The van der Waals surface area contributed by atoms with Gasteiger partial charge in [-0.15, -0.1) is 0 Å². The average molecular weight is 289 g/mol. The van der Waals surface area contributed by atoms with Gasteiger partial charge in [-0.1, -0.05) is 11.6 Å². The summed E-state index contributed by atoms with van der Waals surface area (Å²) in [5.41, 5.74) is 0.309. The van der Waals surface area contributed by atoms with Crippen molar-refractivity contribution >= 4 is 29.3 Å². The van der Waals surface area contributed by atoms with Crippen LogP contribution < -0.4 is 15.4 Å². The van der Waals surface area contributed by atoms with Gasteiger partial charge in [0, 0.05) is 6.07 Å². The average Bonchev–Trinajstić information content (AvgIpc) is 2.38. The topological polar surface area (TPSA) is 108 Å². The lowest BCUT2D eigenvalue weighted by atomic mass is 10.3. The highest BCUT2D eigenvalue weighted by molar-refractivity contribution is 6.33. The lowest BCUT2D eigenvalue weighted by Crippen LogP contribution is -2.38. The number of halogens is 1. The highest BCUT2D eigenvalue weighted by atomic mass is 35.5. The number of carbonyl (C=O) groups is 2. The number of amides is 2. The summed E-state index contributed by atoms with van der Waals surface area (Å²) in [5.74, 6) is -0.912. The Morgan fingerprint density at radius 1 is 1.47 bits per heavy atom. The van der Waals surface area contributed by atoms with Gasteiger partial charge in [0.25, 0.3) is 0 Å². The summed E-state index contributed by atoms with van der Waals surface area (Å²) in [4.78, 5) is 21.8. The number of nitrogens with one attached hydrogen (secondary N) is 2. The molecule has 1 aromatic carbocycles. The third-order valence-electron chi connectivity index (χ3n) is 2.16. The van der Waals surface area contributed by atoms with Crippen molar-refractivity contribution in [3.8, 4) is 5.75 Å². The minimum absolute atomic E-state index is 0.301. The van der Waals surface area contributed by atoms with E-state index in [4.69, 9.17) is 26.6 Å². The smallest absolute Gasteiger partial charge is 0.334 e. The second-order valence-electron chi connectivity index (χ2n) is 3.53. The van der Waals surface area contributed by atoms with Gasteiger partial charge in [-0.3, -0.25) is 0 Å². The Kier molecular flexibility index (Phi) is 5.40. The van der Waals surface area contributed by atoms with Gasteiger partial charge in [-0.2, -0.15) is 0 Å². The molecule has 8 heteroatoms. The first kappa shape index (κ1) is 15.1. The molecule has 0 spiro atoms. The van der Waals surface area contributed by atoms with Crippen molar-refractivity contribution in [1.82, 2.24) is 5.32 Å². The van der Waals surface area contributed by atoms with E-state index in [9.17, 15) is 9.59 Å². The van der Waals surface area contributed by atoms with E-state index in [1.165, 1.54) is 13.2 Å². The summed E-state index contributed by atoms with van der Waals surface area (Å²) in [5, 5.41) is 22.3. The van der Waals surface area contributed by atoms with Crippen LogP contribution in [0.25, 0.3) is 0 Å². The van der Waals surface area contributed by atoms with Crippen LogP contribution in [0.4, 0.5) is 10.5 Å². The number of rotatable bonds is 5. The molecule has 1 aromatic rings. The normalized spacial score (nSPS) is 11.5. The van der Waals surface area contributed by atoms with Gasteiger partial charge in [0.1, 0.15) is 5.75 Å². The van der Waals surface area contributed by atoms with Gasteiger partial charge in [0.15, 0.2) is 6.10 Å². The van der Waals surface area contributed by atoms with E-state index in [-0.39, 0.29) is 0 Å². The largest absolute Gasteiger partial charge is 0.497 e. The number of aliphatic carboxylic acids is 1. The zero-order valence-electron chi connectivity index (χ0n) is 10.0. The number of carboxylic acid groups (broad SMARTS) is 1. The van der Waals surface area contributed by atoms with E-state index in [2.05, 4.69) is 10.6 Å². The van der Waals surface area contributed by atoms with E-state index in [0.29, 0.717) is 16.5 Å². The molecule has 0 saturated carbocycles. The number of hydrogen-bond donors (Lipinski definition) is 4. The third-order valence-corrected chi connectivity index (χ3v) is 2.49.